The van der Waals surface area contributed by atoms with E-state index in [1.165, 1.54) is 11.1 Å². The lowest BCUT2D eigenvalue weighted by atomic mass is 10.0. The van der Waals surface area contributed by atoms with Crippen molar-refractivity contribution in [2.24, 2.45) is 0 Å². The lowest BCUT2D eigenvalue weighted by molar-refractivity contribution is 0.0697. The number of benzene rings is 2. The lowest BCUT2D eigenvalue weighted by Gasteiger charge is -2.12. The quantitative estimate of drug-likeness (QED) is 0.755. The zero-order valence-corrected chi connectivity index (χ0v) is 12.4. The third-order valence-corrected chi connectivity index (χ3v) is 3.85. The van der Waals surface area contributed by atoms with Crippen molar-refractivity contribution in [1.29, 1.82) is 0 Å². The molecular formula is C18H16N2O2. The minimum atomic E-state index is -0.924. The number of carbonyl (C=O) groups is 1. The summed E-state index contributed by atoms with van der Waals surface area (Å²) in [6, 6.07) is 12.7. The molecule has 1 aromatic heterocycles. The van der Waals surface area contributed by atoms with Gasteiger partial charge in [0.05, 0.1) is 11.1 Å². The maximum absolute atomic E-state index is 10.9. The smallest absolute Gasteiger partial charge is 0.335 e. The number of hydrogen-bond acceptors (Lipinski definition) is 3. The van der Waals surface area contributed by atoms with Crippen LogP contribution in [0.3, 0.4) is 0 Å². The predicted octanol–water partition coefficient (Wildman–Crippen LogP) is 4.29. The second-order valence-electron chi connectivity index (χ2n) is 5.27. The summed E-state index contributed by atoms with van der Waals surface area (Å²) in [7, 11) is 0. The van der Waals surface area contributed by atoms with Gasteiger partial charge in [-0.05, 0) is 55.3 Å². The highest BCUT2D eigenvalue weighted by atomic mass is 16.4. The molecule has 0 saturated carbocycles. The fraction of sp³-hybridized carbons (Fsp3) is 0.111. The molecule has 0 amide bonds. The average Bonchev–Trinajstić information content (AvgIpc) is 2.52. The van der Waals surface area contributed by atoms with E-state index in [0.717, 1.165) is 22.3 Å². The van der Waals surface area contributed by atoms with E-state index in [-0.39, 0.29) is 5.56 Å². The van der Waals surface area contributed by atoms with Crippen LogP contribution in [0.15, 0.2) is 48.7 Å². The van der Waals surface area contributed by atoms with E-state index in [9.17, 15) is 4.79 Å². The van der Waals surface area contributed by atoms with Gasteiger partial charge in [-0.25, -0.2) is 4.79 Å². The number of carboxylic acids is 1. The molecule has 0 bridgehead atoms. The van der Waals surface area contributed by atoms with Gasteiger partial charge in [0.1, 0.15) is 0 Å². The number of rotatable bonds is 3. The minimum Gasteiger partial charge on any atom is -0.478 e. The SMILES string of the molecule is Cc1ccc2c(Nc3ccc(C(=O)O)cc3)ccnc2c1C. The van der Waals surface area contributed by atoms with Gasteiger partial charge in [0, 0.05) is 23.0 Å². The number of pyridine rings is 1. The Labute approximate surface area is 128 Å². The first kappa shape index (κ1) is 14.1. The van der Waals surface area contributed by atoms with Gasteiger partial charge < -0.3 is 10.4 Å². The normalized spacial score (nSPS) is 10.6. The van der Waals surface area contributed by atoms with Crippen molar-refractivity contribution >= 4 is 28.2 Å². The fourth-order valence-corrected chi connectivity index (χ4v) is 2.42. The largest absolute Gasteiger partial charge is 0.478 e. The fourth-order valence-electron chi connectivity index (χ4n) is 2.42. The summed E-state index contributed by atoms with van der Waals surface area (Å²) in [5.41, 5.74) is 5.43. The van der Waals surface area contributed by atoms with Gasteiger partial charge in [-0.2, -0.15) is 0 Å². The predicted molar refractivity (Wildman–Crippen MR) is 87.9 cm³/mol. The van der Waals surface area contributed by atoms with E-state index >= 15 is 0 Å². The Kier molecular flexibility index (Phi) is 3.51. The molecular weight excluding hydrogens is 276 g/mol. The Bertz CT molecular complexity index is 855. The number of aryl methyl sites for hydroxylation is 2. The Morgan fingerprint density at radius 3 is 2.45 bits per heavy atom. The monoisotopic (exact) mass is 292 g/mol. The first-order chi connectivity index (χ1) is 10.6. The van der Waals surface area contributed by atoms with E-state index < -0.39 is 5.97 Å². The van der Waals surface area contributed by atoms with Crippen molar-refractivity contribution in [3.05, 3.63) is 65.4 Å². The Balaban J connectivity index is 2.00. The first-order valence-electron chi connectivity index (χ1n) is 7.01. The highest BCUT2D eigenvalue weighted by Crippen LogP contribution is 2.28. The number of aromatic carboxylic acids is 1. The molecule has 1 heterocycles. The molecule has 2 aromatic carbocycles. The Morgan fingerprint density at radius 2 is 1.77 bits per heavy atom. The summed E-state index contributed by atoms with van der Waals surface area (Å²) in [6.45, 7) is 4.14. The van der Waals surface area contributed by atoms with Crippen molar-refractivity contribution in [1.82, 2.24) is 4.98 Å². The number of nitrogens with one attached hydrogen (secondary N) is 1. The molecule has 0 aliphatic carbocycles. The summed E-state index contributed by atoms with van der Waals surface area (Å²) < 4.78 is 0. The van der Waals surface area contributed by atoms with Crippen molar-refractivity contribution in [3.8, 4) is 0 Å². The van der Waals surface area contributed by atoms with E-state index in [0.29, 0.717) is 0 Å². The summed E-state index contributed by atoms with van der Waals surface area (Å²) in [5, 5.41) is 13.3. The molecule has 3 aromatic rings. The second-order valence-corrected chi connectivity index (χ2v) is 5.27. The average molecular weight is 292 g/mol. The van der Waals surface area contributed by atoms with E-state index in [1.54, 1.807) is 30.5 Å². The van der Waals surface area contributed by atoms with Gasteiger partial charge in [0.2, 0.25) is 0 Å². The molecule has 0 aliphatic rings. The second kappa shape index (κ2) is 5.48. The Hall–Kier alpha value is -2.88. The first-order valence-corrected chi connectivity index (χ1v) is 7.01. The number of fused-ring (bicyclic) bond motifs is 1. The molecule has 0 spiro atoms. The molecule has 0 unspecified atom stereocenters. The molecule has 0 aliphatic heterocycles. The van der Waals surface area contributed by atoms with Crippen LogP contribution in [-0.4, -0.2) is 16.1 Å². The molecule has 0 atom stereocenters. The van der Waals surface area contributed by atoms with E-state index in [4.69, 9.17) is 5.11 Å². The summed E-state index contributed by atoms with van der Waals surface area (Å²) in [5.74, 6) is -0.924. The zero-order chi connectivity index (χ0) is 15.7. The number of anilines is 2. The minimum absolute atomic E-state index is 0.275. The van der Waals surface area contributed by atoms with Gasteiger partial charge in [0.25, 0.3) is 0 Å². The van der Waals surface area contributed by atoms with Crippen molar-refractivity contribution in [2.45, 2.75) is 13.8 Å². The maximum atomic E-state index is 10.9. The van der Waals surface area contributed by atoms with Gasteiger partial charge in [-0.1, -0.05) is 12.1 Å². The molecule has 3 rings (SSSR count). The van der Waals surface area contributed by atoms with Gasteiger partial charge in [-0.3, -0.25) is 4.98 Å². The van der Waals surface area contributed by atoms with E-state index in [2.05, 4.69) is 36.3 Å². The topological polar surface area (TPSA) is 62.2 Å². The molecule has 0 saturated heterocycles. The standard InChI is InChI=1S/C18H16N2O2/c1-11-3-8-15-16(9-10-19-17(15)12(11)2)20-14-6-4-13(5-7-14)18(21)22/h3-10H,1-2H3,(H,19,20)(H,21,22). The molecule has 110 valence electrons. The van der Waals surface area contributed by atoms with Crippen LogP contribution >= 0.6 is 0 Å². The highest BCUT2D eigenvalue weighted by molar-refractivity contribution is 5.95. The molecule has 4 nitrogen and oxygen atoms in total. The molecule has 2 N–H and O–H groups in total. The maximum Gasteiger partial charge on any atom is 0.335 e. The lowest BCUT2D eigenvalue weighted by Crippen LogP contribution is -1.97. The number of aromatic nitrogens is 1. The van der Waals surface area contributed by atoms with E-state index in [1.807, 2.05) is 6.07 Å². The van der Waals surface area contributed by atoms with Crippen LogP contribution < -0.4 is 5.32 Å². The highest BCUT2D eigenvalue weighted by Gasteiger charge is 2.07. The van der Waals surface area contributed by atoms with Crippen LogP contribution in [0.4, 0.5) is 11.4 Å². The van der Waals surface area contributed by atoms with Crippen LogP contribution in [-0.2, 0) is 0 Å². The van der Waals surface area contributed by atoms with Crippen LogP contribution in [0.25, 0.3) is 10.9 Å². The van der Waals surface area contributed by atoms with Gasteiger partial charge in [-0.15, -0.1) is 0 Å². The summed E-state index contributed by atoms with van der Waals surface area (Å²) >= 11 is 0. The molecule has 22 heavy (non-hydrogen) atoms. The van der Waals surface area contributed by atoms with Crippen LogP contribution in [0.2, 0.25) is 0 Å². The molecule has 0 fully saturated rings. The zero-order valence-electron chi connectivity index (χ0n) is 12.4. The third-order valence-electron chi connectivity index (χ3n) is 3.85. The van der Waals surface area contributed by atoms with Crippen molar-refractivity contribution in [3.63, 3.8) is 0 Å². The third kappa shape index (κ3) is 2.51. The number of nitrogens with zero attached hydrogens (tertiary/aromatic N) is 1. The van der Waals surface area contributed by atoms with Crippen LogP contribution in [0.1, 0.15) is 21.5 Å². The van der Waals surface area contributed by atoms with Crippen molar-refractivity contribution < 1.29 is 9.90 Å². The van der Waals surface area contributed by atoms with Crippen LogP contribution in [0, 0.1) is 13.8 Å². The van der Waals surface area contributed by atoms with Crippen molar-refractivity contribution in [2.75, 3.05) is 5.32 Å². The number of carboxylic acid groups (broad SMARTS) is 1. The van der Waals surface area contributed by atoms with Crippen LogP contribution in [0.5, 0.6) is 0 Å². The van der Waals surface area contributed by atoms with Gasteiger partial charge in [0.15, 0.2) is 0 Å². The Morgan fingerprint density at radius 1 is 1.05 bits per heavy atom. The summed E-state index contributed by atoms with van der Waals surface area (Å²) in [6.07, 6.45) is 1.78. The number of hydrogen-bond donors (Lipinski definition) is 2. The summed E-state index contributed by atoms with van der Waals surface area (Å²) in [4.78, 5) is 15.3. The molecule has 4 heteroatoms. The molecule has 0 radical (unpaired) electrons. The van der Waals surface area contributed by atoms with Gasteiger partial charge >= 0.3 is 5.97 Å².